The van der Waals surface area contributed by atoms with E-state index in [0.717, 1.165) is 24.1 Å². The molecular formula is C10H14N2O. The summed E-state index contributed by atoms with van der Waals surface area (Å²) in [6, 6.07) is 0. The van der Waals surface area contributed by atoms with Gasteiger partial charge >= 0.3 is 0 Å². The molecule has 1 aromatic rings. The van der Waals surface area contributed by atoms with Gasteiger partial charge in [0, 0.05) is 25.4 Å². The van der Waals surface area contributed by atoms with Crippen molar-refractivity contribution in [2.45, 2.75) is 26.2 Å². The molecule has 2 heterocycles. The van der Waals surface area contributed by atoms with E-state index in [2.05, 4.69) is 16.1 Å². The van der Waals surface area contributed by atoms with Crippen LogP contribution in [0.15, 0.2) is 6.20 Å². The van der Waals surface area contributed by atoms with Crippen LogP contribution in [0.1, 0.15) is 24.1 Å². The standard InChI is InChI=1S/C10H14N2O/c1-7-6-12(2)8-4-3-5-9(13)11-10(7)8/h6H,3-5H2,1-2H3,(H,11,13). The molecule has 0 aromatic carbocycles. The van der Waals surface area contributed by atoms with Crippen LogP contribution in [-0.4, -0.2) is 10.5 Å². The molecule has 1 aliphatic rings. The molecule has 0 unspecified atom stereocenters. The largest absolute Gasteiger partial charge is 0.352 e. The first kappa shape index (κ1) is 8.35. The summed E-state index contributed by atoms with van der Waals surface area (Å²) in [7, 11) is 2.03. The molecule has 0 aliphatic carbocycles. The van der Waals surface area contributed by atoms with Crippen molar-refractivity contribution in [1.82, 2.24) is 4.57 Å². The number of rotatable bonds is 0. The summed E-state index contributed by atoms with van der Waals surface area (Å²) in [5.41, 5.74) is 3.45. The topological polar surface area (TPSA) is 34.0 Å². The molecule has 0 fully saturated rings. The number of anilines is 1. The molecule has 1 aromatic heterocycles. The second-order valence-electron chi connectivity index (χ2n) is 3.65. The van der Waals surface area contributed by atoms with E-state index in [0.29, 0.717) is 6.42 Å². The molecule has 1 aliphatic heterocycles. The van der Waals surface area contributed by atoms with Gasteiger partial charge in [-0.15, -0.1) is 0 Å². The van der Waals surface area contributed by atoms with Crippen LogP contribution in [0.5, 0.6) is 0 Å². The summed E-state index contributed by atoms with van der Waals surface area (Å²) in [5.74, 6) is 0.146. The van der Waals surface area contributed by atoms with E-state index in [9.17, 15) is 4.79 Å². The number of carbonyl (C=O) groups is 1. The molecule has 13 heavy (non-hydrogen) atoms. The number of nitrogens with one attached hydrogen (secondary N) is 1. The lowest BCUT2D eigenvalue weighted by Crippen LogP contribution is -2.09. The van der Waals surface area contributed by atoms with Crippen molar-refractivity contribution in [3.05, 3.63) is 17.5 Å². The first-order valence-corrected chi connectivity index (χ1v) is 4.63. The highest BCUT2D eigenvalue weighted by Crippen LogP contribution is 2.26. The van der Waals surface area contributed by atoms with E-state index < -0.39 is 0 Å². The highest BCUT2D eigenvalue weighted by atomic mass is 16.1. The summed E-state index contributed by atoms with van der Waals surface area (Å²) in [6.45, 7) is 2.03. The third kappa shape index (κ3) is 1.34. The van der Waals surface area contributed by atoms with E-state index in [1.807, 2.05) is 14.0 Å². The molecule has 3 heteroatoms. The molecule has 2 rings (SSSR count). The van der Waals surface area contributed by atoms with E-state index in [4.69, 9.17) is 0 Å². The average Bonchev–Trinajstić information content (AvgIpc) is 2.28. The number of aromatic nitrogens is 1. The first-order chi connectivity index (χ1) is 6.18. The summed E-state index contributed by atoms with van der Waals surface area (Å²) >= 11 is 0. The van der Waals surface area contributed by atoms with Crippen molar-refractivity contribution >= 4 is 11.6 Å². The van der Waals surface area contributed by atoms with Crippen LogP contribution in [0.25, 0.3) is 0 Å². The van der Waals surface area contributed by atoms with E-state index in [1.165, 1.54) is 5.69 Å². The molecule has 70 valence electrons. The molecule has 1 amide bonds. The molecule has 0 atom stereocenters. The van der Waals surface area contributed by atoms with Crippen LogP contribution in [0.3, 0.4) is 0 Å². The highest BCUT2D eigenvalue weighted by molar-refractivity contribution is 5.93. The van der Waals surface area contributed by atoms with Crippen LogP contribution in [0, 0.1) is 6.92 Å². The summed E-state index contributed by atoms with van der Waals surface area (Å²) in [6.07, 6.45) is 4.67. The summed E-state index contributed by atoms with van der Waals surface area (Å²) in [5, 5.41) is 2.95. The van der Waals surface area contributed by atoms with Gasteiger partial charge in [0.15, 0.2) is 0 Å². The number of nitrogens with zero attached hydrogens (tertiary/aromatic N) is 1. The fraction of sp³-hybridized carbons (Fsp3) is 0.500. The zero-order valence-corrected chi connectivity index (χ0v) is 8.05. The third-order valence-corrected chi connectivity index (χ3v) is 2.58. The summed E-state index contributed by atoms with van der Waals surface area (Å²) in [4.78, 5) is 11.3. The minimum absolute atomic E-state index is 0.146. The van der Waals surface area contributed by atoms with Gasteiger partial charge in [0.2, 0.25) is 5.91 Å². The van der Waals surface area contributed by atoms with Crippen molar-refractivity contribution in [3.8, 4) is 0 Å². The van der Waals surface area contributed by atoms with Gasteiger partial charge in [-0.3, -0.25) is 4.79 Å². The fourth-order valence-electron chi connectivity index (χ4n) is 1.93. The SMILES string of the molecule is Cc1cn(C)c2c1NC(=O)CCC2. The van der Waals surface area contributed by atoms with E-state index >= 15 is 0 Å². The molecule has 0 spiro atoms. The maximum Gasteiger partial charge on any atom is 0.224 e. The maximum absolute atomic E-state index is 11.3. The van der Waals surface area contributed by atoms with Crippen molar-refractivity contribution < 1.29 is 4.79 Å². The van der Waals surface area contributed by atoms with Crippen LogP contribution in [0.2, 0.25) is 0 Å². The minimum atomic E-state index is 0.146. The van der Waals surface area contributed by atoms with Crippen LogP contribution >= 0.6 is 0 Å². The average molecular weight is 178 g/mol. The number of hydrogen-bond acceptors (Lipinski definition) is 1. The molecule has 1 N–H and O–H groups in total. The predicted octanol–water partition coefficient (Wildman–Crippen LogP) is 1.61. The monoisotopic (exact) mass is 178 g/mol. The predicted molar refractivity (Wildman–Crippen MR) is 51.7 cm³/mol. The lowest BCUT2D eigenvalue weighted by molar-refractivity contribution is -0.116. The van der Waals surface area contributed by atoms with Gasteiger partial charge in [-0.2, -0.15) is 0 Å². The second kappa shape index (κ2) is 2.91. The number of fused-ring (bicyclic) bond motifs is 1. The van der Waals surface area contributed by atoms with Crippen molar-refractivity contribution in [2.75, 3.05) is 5.32 Å². The highest BCUT2D eigenvalue weighted by Gasteiger charge is 2.17. The van der Waals surface area contributed by atoms with Gasteiger partial charge in [-0.1, -0.05) is 0 Å². The maximum atomic E-state index is 11.3. The van der Waals surface area contributed by atoms with Gasteiger partial charge in [-0.25, -0.2) is 0 Å². The van der Waals surface area contributed by atoms with Gasteiger partial charge in [0.1, 0.15) is 0 Å². The Balaban J connectivity index is 2.47. The van der Waals surface area contributed by atoms with E-state index in [1.54, 1.807) is 0 Å². The van der Waals surface area contributed by atoms with Crippen molar-refractivity contribution in [2.24, 2.45) is 7.05 Å². The Morgan fingerprint density at radius 3 is 3.00 bits per heavy atom. The molecule has 3 nitrogen and oxygen atoms in total. The van der Waals surface area contributed by atoms with Crippen LogP contribution in [0.4, 0.5) is 5.69 Å². The number of carbonyl (C=O) groups excluding carboxylic acids is 1. The number of hydrogen-bond donors (Lipinski definition) is 1. The lowest BCUT2D eigenvalue weighted by atomic mass is 10.2. The third-order valence-electron chi connectivity index (χ3n) is 2.58. The Hall–Kier alpha value is -1.25. The summed E-state index contributed by atoms with van der Waals surface area (Å²) < 4.78 is 2.11. The zero-order valence-electron chi connectivity index (χ0n) is 8.05. The molecule has 0 radical (unpaired) electrons. The minimum Gasteiger partial charge on any atom is -0.352 e. The van der Waals surface area contributed by atoms with Crippen LogP contribution in [-0.2, 0) is 18.3 Å². The molecule has 0 bridgehead atoms. The molecule has 0 saturated carbocycles. The Kier molecular flexibility index (Phi) is 1.87. The fourth-order valence-corrected chi connectivity index (χ4v) is 1.93. The van der Waals surface area contributed by atoms with Crippen molar-refractivity contribution in [3.63, 3.8) is 0 Å². The Morgan fingerprint density at radius 2 is 2.23 bits per heavy atom. The van der Waals surface area contributed by atoms with Crippen molar-refractivity contribution in [1.29, 1.82) is 0 Å². The first-order valence-electron chi connectivity index (χ1n) is 4.63. The van der Waals surface area contributed by atoms with E-state index in [-0.39, 0.29) is 5.91 Å². The smallest absolute Gasteiger partial charge is 0.224 e. The Bertz CT molecular complexity index is 352. The molecular weight excluding hydrogens is 164 g/mol. The molecule has 0 saturated heterocycles. The van der Waals surface area contributed by atoms with Gasteiger partial charge in [0.25, 0.3) is 0 Å². The number of amides is 1. The van der Waals surface area contributed by atoms with Gasteiger partial charge in [-0.05, 0) is 25.3 Å². The van der Waals surface area contributed by atoms with Gasteiger partial charge in [0.05, 0.1) is 5.69 Å². The lowest BCUT2D eigenvalue weighted by Gasteiger charge is -2.03. The normalized spacial score (nSPS) is 16.3. The van der Waals surface area contributed by atoms with Crippen LogP contribution < -0.4 is 5.32 Å². The Morgan fingerprint density at radius 1 is 1.46 bits per heavy atom. The quantitative estimate of drug-likeness (QED) is 0.643. The zero-order chi connectivity index (χ0) is 9.42. The Labute approximate surface area is 77.7 Å². The van der Waals surface area contributed by atoms with Gasteiger partial charge < -0.3 is 9.88 Å². The number of aryl methyl sites for hydroxylation is 2. The second-order valence-corrected chi connectivity index (χ2v) is 3.65.